The number of para-hydroxylation sites is 1. The molecular formula is C35H33N. The third-order valence-electron chi connectivity index (χ3n) is 6.65. The van der Waals surface area contributed by atoms with Gasteiger partial charge in [0.2, 0.25) is 0 Å². The van der Waals surface area contributed by atoms with Crippen LogP contribution in [-0.2, 0) is 0 Å². The molecule has 0 saturated carbocycles. The van der Waals surface area contributed by atoms with Crippen molar-refractivity contribution >= 4 is 11.4 Å². The van der Waals surface area contributed by atoms with Crippen LogP contribution in [0.2, 0.25) is 0 Å². The highest BCUT2D eigenvalue weighted by Crippen LogP contribution is 2.38. The topological polar surface area (TPSA) is 3.24 Å². The van der Waals surface area contributed by atoms with Gasteiger partial charge in [-0.05, 0) is 97.3 Å². The number of hydrogen-bond acceptors (Lipinski definition) is 1. The van der Waals surface area contributed by atoms with Crippen molar-refractivity contribution in [1.29, 1.82) is 0 Å². The fraction of sp³-hybridized carbons (Fsp3) is 0.143. The molecule has 0 aromatic heterocycles. The molecule has 0 aliphatic heterocycles. The summed E-state index contributed by atoms with van der Waals surface area (Å²) in [5.74, 6) is 0. The molecule has 36 heavy (non-hydrogen) atoms. The van der Waals surface area contributed by atoms with Crippen molar-refractivity contribution in [2.45, 2.75) is 32.6 Å². The maximum absolute atomic E-state index is 2.40. The summed E-state index contributed by atoms with van der Waals surface area (Å²) in [6.07, 6.45) is 13.9. The lowest BCUT2D eigenvalue weighted by Gasteiger charge is -2.28. The first-order chi connectivity index (χ1) is 17.8. The molecule has 4 aromatic rings. The van der Waals surface area contributed by atoms with E-state index in [2.05, 4.69) is 145 Å². The van der Waals surface area contributed by atoms with E-state index in [0.29, 0.717) is 0 Å². The highest BCUT2D eigenvalue weighted by molar-refractivity contribution is 5.82. The van der Waals surface area contributed by atoms with Crippen LogP contribution in [0.25, 0.3) is 22.3 Å². The normalized spacial score (nSPS) is 17.8. The van der Waals surface area contributed by atoms with Gasteiger partial charge >= 0.3 is 0 Å². The second-order valence-electron chi connectivity index (χ2n) is 9.43. The summed E-state index contributed by atoms with van der Waals surface area (Å²) in [5, 5.41) is 0. The highest BCUT2D eigenvalue weighted by atomic mass is 15.1. The zero-order valence-electron chi connectivity index (χ0n) is 21.0. The van der Waals surface area contributed by atoms with E-state index in [1.54, 1.807) is 0 Å². The summed E-state index contributed by atoms with van der Waals surface area (Å²) in [6, 6.07) is 39.0. The van der Waals surface area contributed by atoms with Crippen molar-refractivity contribution in [3.63, 3.8) is 0 Å². The largest absolute Gasteiger partial charge is 0.310 e. The maximum Gasteiger partial charge on any atom is 0.0473 e. The van der Waals surface area contributed by atoms with E-state index in [-0.39, 0.29) is 0 Å². The van der Waals surface area contributed by atoms with Gasteiger partial charge in [0.15, 0.2) is 0 Å². The molecule has 0 amide bonds. The van der Waals surface area contributed by atoms with Crippen molar-refractivity contribution in [2.75, 3.05) is 4.90 Å². The minimum absolute atomic E-state index is 1.13. The SMILES string of the molecule is C\C1=C/C(N(c2ccccc2)c2cc(-c3ccccc3)cc(-c3ccccc3)c2)=C\C=C\CCCC1. The number of rotatable bonds is 5. The van der Waals surface area contributed by atoms with E-state index >= 15 is 0 Å². The Morgan fingerprint density at radius 1 is 0.583 bits per heavy atom. The predicted molar refractivity (Wildman–Crippen MR) is 155 cm³/mol. The van der Waals surface area contributed by atoms with Crippen LogP contribution in [0, 0.1) is 0 Å². The van der Waals surface area contributed by atoms with E-state index in [9.17, 15) is 0 Å². The van der Waals surface area contributed by atoms with Crippen molar-refractivity contribution in [2.24, 2.45) is 0 Å². The summed E-state index contributed by atoms with van der Waals surface area (Å²) in [6.45, 7) is 2.26. The standard InChI is InChI=1S/C35H33N/c1-28-16-8-3-2-4-13-23-34(24-28)36(33-21-14-7-15-22-33)35-26-31(29-17-9-5-10-18-29)25-32(27-35)30-19-11-6-12-20-30/h4-7,9-15,17-27H,2-3,8,16H2,1H3/b13-4+,28-24+,34-23+. The molecule has 0 bridgehead atoms. The minimum Gasteiger partial charge on any atom is -0.310 e. The molecule has 178 valence electrons. The maximum atomic E-state index is 2.40. The lowest BCUT2D eigenvalue weighted by Crippen LogP contribution is -2.16. The van der Waals surface area contributed by atoms with Gasteiger partial charge in [0.25, 0.3) is 0 Å². The summed E-state index contributed by atoms with van der Waals surface area (Å²) >= 11 is 0. The predicted octanol–water partition coefficient (Wildman–Crippen LogP) is 10.1. The Labute approximate surface area is 215 Å². The van der Waals surface area contributed by atoms with Crippen LogP contribution >= 0.6 is 0 Å². The molecule has 5 rings (SSSR count). The van der Waals surface area contributed by atoms with E-state index in [0.717, 1.165) is 24.2 Å². The van der Waals surface area contributed by atoms with Crippen LogP contribution in [-0.4, -0.2) is 0 Å². The van der Waals surface area contributed by atoms with E-state index < -0.39 is 0 Å². The fourth-order valence-electron chi connectivity index (χ4n) is 4.80. The average Bonchev–Trinajstić information content (AvgIpc) is 2.94. The monoisotopic (exact) mass is 467 g/mol. The Hall–Kier alpha value is -4.10. The number of nitrogens with zero attached hydrogens (tertiary/aromatic N) is 1. The summed E-state index contributed by atoms with van der Waals surface area (Å²) in [7, 11) is 0. The van der Waals surface area contributed by atoms with Gasteiger partial charge in [-0.1, -0.05) is 96.6 Å². The van der Waals surface area contributed by atoms with Gasteiger partial charge in [0.05, 0.1) is 0 Å². The van der Waals surface area contributed by atoms with E-state index in [1.165, 1.54) is 46.4 Å². The zero-order valence-corrected chi connectivity index (χ0v) is 21.0. The van der Waals surface area contributed by atoms with Crippen molar-refractivity contribution in [1.82, 2.24) is 0 Å². The molecule has 0 radical (unpaired) electrons. The van der Waals surface area contributed by atoms with Crippen molar-refractivity contribution in [3.8, 4) is 22.3 Å². The first kappa shape index (κ1) is 23.6. The first-order valence-electron chi connectivity index (χ1n) is 12.9. The summed E-state index contributed by atoms with van der Waals surface area (Å²) in [4.78, 5) is 2.40. The fourth-order valence-corrected chi connectivity index (χ4v) is 4.80. The Bertz CT molecular complexity index is 1300. The lowest BCUT2D eigenvalue weighted by atomic mass is 9.97. The van der Waals surface area contributed by atoms with Crippen molar-refractivity contribution in [3.05, 3.63) is 145 Å². The van der Waals surface area contributed by atoms with Crippen LogP contribution in [0.15, 0.2) is 145 Å². The smallest absolute Gasteiger partial charge is 0.0473 e. The third kappa shape index (κ3) is 5.75. The van der Waals surface area contributed by atoms with Gasteiger partial charge in [0, 0.05) is 17.1 Å². The second kappa shape index (κ2) is 11.6. The van der Waals surface area contributed by atoms with Crippen LogP contribution in [0.5, 0.6) is 0 Å². The molecular weight excluding hydrogens is 434 g/mol. The third-order valence-corrected chi connectivity index (χ3v) is 6.65. The number of benzene rings is 4. The zero-order chi connectivity index (χ0) is 24.6. The quantitative estimate of drug-likeness (QED) is 0.282. The molecule has 0 saturated heterocycles. The molecule has 0 fully saturated rings. The Morgan fingerprint density at radius 2 is 1.17 bits per heavy atom. The molecule has 0 N–H and O–H groups in total. The van der Waals surface area contributed by atoms with E-state index in [1.807, 2.05) is 0 Å². The molecule has 0 spiro atoms. The van der Waals surface area contributed by atoms with Gasteiger partial charge in [-0.25, -0.2) is 0 Å². The number of allylic oxidation sites excluding steroid dienone is 5. The molecule has 0 heterocycles. The first-order valence-corrected chi connectivity index (χ1v) is 12.9. The lowest BCUT2D eigenvalue weighted by molar-refractivity contribution is 0.740. The molecule has 0 unspecified atom stereocenters. The molecule has 4 aromatic carbocycles. The molecule has 1 heteroatoms. The summed E-state index contributed by atoms with van der Waals surface area (Å²) < 4.78 is 0. The molecule has 1 aliphatic carbocycles. The Balaban J connectivity index is 1.73. The van der Waals surface area contributed by atoms with Gasteiger partial charge in [0.1, 0.15) is 0 Å². The van der Waals surface area contributed by atoms with E-state index in [4.69, 9.17) is 0 Å². The average molecular weight is 468 g/mol. The van der Waals surface area contributed by atoms with Crippen LogP contribution in [0.1, 0.15) is 32.6 Å². The molecule has 1 aliphatic rings. The van der Waals surface area contributed by atoms with Gasteiger partial charge in [-0.2, -0.15) is 0 Å². The van der Waals surface area contributed by atoms with Gasteiger partial charge in [-0.15, -0.1) is 0 Å². The highest BCUT2D eigenvalue weighted by Gasteiger charge is 2.16. The second-order valence-corrected chi connectivity index (χ2v) is 9.43. The number of hydrogen-bond donors (Lipinski definition) is 0. The van der Waals surface area contributed by atoms with Crippen LogP contribution in [0.3, 0.4) is 0 Å². The number of anilines is 2. The Kier molecular flexibility index (Phi) is 7.58. The van der Waals surface area contributed by atoms with Gasteiger partial charge < -0.3 is 4.90 Å². The molecule has 0 atom stereocenters. The van der Waals surface area contributed by atoms with Gasteiger partial charge in [-0.3, -0.25) is 0 Å². The van der Waals surface area contributed by atoms with Crippen molar-refractivity contribution < 1.29 is 0 Å². The van der Waals surface area contributed by atoms with Crippen LogP contribution < -0.4 is 4.90 Å². The summed E-state index contributed by atoms with van der Waals surface area (Å²) in [5.41, 5.74) is 9.77. The van der Waals surface area contributed by atoms with Crippen LogP contribution in [0.4, 0.5) is 11.4 Å². The molecule has 1 nitrogen and oxygen atoms in total. The minimum atomic E-state index is 1.13. The Morgan fingerprint density at radius 3 is 1.78 bits per heavy atom.